The van der Waals surface area contributed by atoms with E-state index >= 15 is 13.2 Å². The van der Waals surface area contributed by atoms with Crippen LogP contribution in [0.1, 0.15) is 80.2 Å². The fourth-order valence-electron chi connectivity index (χ4n) is 9.64. The third-order valence-electron chi connectivity index (χ3n) is 13.6. The molecule has 3 aliphatic heterocycles. The number of hydrogen-bond donors (Lipinski definition) is 1. The Labute approximate surface area is 376 Å². The Bertz CT molecular complexity index is 2610. The van der Waals surface area contributed by atoms with Crippen molar-refractivity contribution in [2.75, 3.05) is 63.8 Å². The van der Waals surface area contributed by atoms with Crippen molar-refractivity contribution in [3.8, 4) is 17.0 Å². The van der Waals surface area contributed by atoms with E-state index in [2.05, 4.69) is 20.1 Å². The van der Waals surface area contributed by atoms with Crippen molar-refractivity contribution in [2.45, 2.75) is 89.6 Å². The zero-order valence-corrected chi connectivity index (χ0v) is 37.9. The number of methoxy groups -OCH3 is 2. The summed E-state index contributed by atoms with van der Waals surface area (Å²) < 4.78 is 65.6. The molecular formula is C48H56F3N9O5. The number of pyridine rings is 1. The second-order valence-corrected chi connectivity index (χ2v) is 18.9. The highest BCUT2D eigenvalue weighted by atomic mass is 19.3. The van der Waals surface area contributed by atoms with Crippen LogP contribution < -0.4 is 19.9 Å². The summed E-state index contributed by atoms with van der Waals surface area (Å²) in [5, 5.41) is 8.13. The van der Waals surface area contributed by atoms with Crippen LogP contribution in [0.4, 0.5) is 35.2 Å². The van der Waals surface area contributed by atoms with Gasteiger partial charge in [0.2, 0.25) is 0 Å². The van der Waals surface area contributed by atoms with E-state index in [1.807, 2.05) is 67.4 Å². The van der Waals surface area contributed by atoms with Crippen LogP contribution in [0.15, 0.2) is 67.0 Å². The Morgan fingerprint density at radius 3 is 2.43 bits per heavy atom. The Balaban J connectivity index is 0.959. The number of ether oxygens (including phenoxy) is 3. The molecule has 1 aliphatic carbocycles. The molecule has 344 valence electrons. The minimum absolute atomic E-state index is 0.0470. The summed E-state index contributed by atoms with van der Waals surface area (Å²) in [5.74, 6) is -2.57. The van der Waals surface area contributed by atoms with Crippen LogP contribution in [0, 0.1) is 11.2 Å². The molecule has 6 heterocycles. The maximum Gasteiger partial charge on any atom is 0.410 e. The number of hydrogen-bond acceptors (Lipinski definition) is 11. The van der Waals surface area contributed by atoms with Crippen LogP contribution >= 0.6 is 0 Å². The number of imidazole rings is 1. The number of halogens is 3. The highest BCUT2D eigenvalue weighted by Gasteiger charge is 2.63. The Kier molecular flexibility index (Phi) is 11.4. The molecule has 17 heteroatoms. The molecule has 2 amide bonds. The molecule has 9 rings (SSSR count). The van der Waals surface area contributed by atoms with Crippen LogP contribution in [0.3, 0.4) is 0 Å². The predicted octanol–water partition coefficient (Wildman–Crippen LogP) is 7.82. The van der Waals surface area contributed by atoms with Crippen LogP contribution in [0.2, 0.25) is 0 Å². The first-order valence-corrected chi connectivity index (χ1v) is 22.2. The van der Waals surface area contributed by atoms with Crippen molar-refractivity contribution < 1.29 is 37.0 Å². The molecule has 3 aromatic heterocycles. The van der Waals surface area contributed by atoms with Gasteiger partial charge in [0, 0.05) is 76.4 Å². The van der Waals surface area contributed by atoms with E-state index in [0.29, 0.717) is 47.8 Å². The maximum atomic E-state index is 16.3. The summed E-state index contributed by atoms with van der Waals surface area (Å²) in [6, 6.07) is 16.5. The molecule has 1 spiro atoms. The Morgan fingerprint density at radius 2 is 1.77 bits per heavy atom. The van der Waals surface area contributed by atoms with E-state index in [0.717, 1.165) is 46.0 Å². The molecule has 4 aliphatic rings. The van der Waals surface area contributed by atoms with Gasteiger partial charge in [-0.2, -0.15) is 0 Å². The van der Waals surface area contributed by atoms with Gasteiger partial charge in [-0.3, -0.25) is 14.7 Å². The highest BCUT2D eigenvalue weighted by Crippen LogP contribution is 2.52. The standard InChI is InChI=1S/C48H56F3N9O5/c1-29(58-26-47(27-58)18-20-57(28-48(47,50)51)45(62)65-46(2,3)4)31-21-35(49)42(52-23-31)34-9-8-10-37-33(34)17-19-59(37)41-22-38(56(5)25-30-11-13-32(63-6)14-12-30)43-53-24-39(60(43)55-41)44(61)54-36-15-16-40(36)64-7/h8-14,21-24,29,36,40H,15-20,25-28H2,1-7H3,(H,54,61)/t29?,36-,40-/m1/s1. The van der Waals surface area contributed by atoms with Gasteiger partial charge < -0.3 is 34.2 Å². The number of carbonyl (C=O) groups excluding carboxylic acids is 2. The lowest BCUT2D eigenvalue weighted by atomic mass is 9.68. The third-order valence-corrected chi connectivity index (χ3v) is 13.6. The summed E-state index contributed by atoms with van der Waals surface area (Å²) in [7, 11) is 5.25. The van der Waals surface area contributed by atoms with Gasteiger partial charge in [-0.25, -0.2) is 27.5 Å². The minimum atomic E-state index is -3.11. The topological polar surface area (TPSA) is 130 Å². The molecule has 14 nitrogen and oxygen atoms in total. The van der Waals surface area contributed by atoms with E-state index in [1.165, 1.54) is 6.07 Å². The van der Waals surface area contributed by atoms with Crippen molar-refractivity contribution in [3.63, 3.8) is 0 Å². The molecule has 0 bridgehead atoms. The monoisotopic (exact) mass is 895 g/mol. The first kappa shape index (κ1) is 44.3. The van der Waals surface area contributed by atoms with E-state index in [9.17, 15) is 9.59 Å². The second kappa shape index (κ2) is 16.8. The van der Waals surface area contributed by atoms with Gasteiger partial charge >= 0.3 is 6.09 Å². The number of likely N-dealkylation sites (tertiary alicyclic amines) is 2. The van der Waals surface area contributed by atoms with Gasteiger partial charge in [0.05, 0.1) is 43.1 Å². The lowest BCUT2D eigenvalue weighted by Crippen LogP contribution is -2.70. The minimum Gasteiger partial charge on any atom is -0.497 e. The van der Waals surface area contributed by atoms with E-state index in [-0.39, 0.29) is 55.8 Å². The van der Waals surface area contributed by atoms with Gasteiger partial charge in [-0.1, -0.05) is 24.3 Å². The van der Waals surface area contributed by atoms with Crippen LogP contribution in [-0.4, -0.2) is 119 Å². The molecular weight excluding hydrogens is 840 g/mol. The quantitative estimate of drug-likeness (QED) is 0.139. The number of alkyl halides is 2. The van der Waals surface area contributed by atoms with E-state index < -0.39 is 35.4 Å². The molecule has 3 atom stereocenters. The Morgan fingerprint density at radius 1 is 1.00 bits per heavy atom. The van der Waals surface area contributed by atoms with Crippen molar-refractivity contribution in [1.29, 1.82) is 0 Å². The average molecular weight is 896 g/mol. The van der Waals surface area contributed by atoms with Crippen molar-refractivity contribution in [2.24, 2.45) is 5.41 Å². The summed E-state index contributed by atoms with van der Waals surface area (Å²) in [4.78, 5) is 42.9. The van der Waals surface area contributed by atoms with Crippen LogP contribution in [-0.2, 0) is 22.4 Å². The summed E-state index contributed by atoms with van der Waals surface area (Å²) >= 11 is 0. The summed E-state index contributed by atoms with van der Waals surface area (Å²) in [6.45, 7) is 7.80. The molecule has 2 saturated heterocycles. The maximum absolute atomic E-state index is 16.3. The molecule has 2 aromatic carbocycles. The lowest BCUT2D eigenvalue weighted by molar-refractivity contribution is -0.227. The fraction of sp³-hybridized carbons (Fsp3) is 0.479. The third kappa shape index (κ3) is 8.21. The smallest absolute Gasteiger partial charge is 0.410 e. The van der Waals surface area contributed by atoms with Crippen LogP contribution in [0.5, 0.6) is 5.75 Å². The number of fused-ring (bicyclic) bond motifs is 2. The molecule has 5 aromatic rings. The number of nitrogens with one attached hydrogen (secondary N) is 1. The first-order chi connectivity index (χ1) is 31.0. The number of anilines is 3. The predicted molar refractivity (Wildman–Crippen MR) is 240 cm³/mol. The lowest BCUT2D eigenvalue weighted by Gasteiger charge is -2.58. The molecule has 0 radical (unpaired) electrons. The van der Waals surface area contributed by atoms with Crippen molar-refractivity contribution >= 4 is 34.8 Å². The van der Waals surface area contributed by atoms with Gasteiger partial charge in [-0.15, -0.1) is 5.10 Å². The number of benzene rings is 2. The average Bonchev–Trinajstić information content (AvgIpc) is 3.88. The van der Waals surface area contributed by atoms with E-state index in [4.69, 9.17) is 24.3 Å². The second-order valence-electron chi connectivity index (χ2n) is 18.9. The highest BCUT2D eigenvalue weighted by molar-refractivity contribution is 5.94. The van der Waals surface area contributed by atoms with Gasteiger partial charge in [0.1, 0.15) is 22.9 Å². The normalized spacial score (nSPS) is 20.5. The number of aromatic nitrogens is 4. The molecule has 3 fully saturated rings. The number of piperidine rings is 1. The number of nitrogens with zero attached hydrogens (tertiary/aromatic N) is 8. The van der Waals surface area contributed by atoms with Gasteiger partial charge in [0.15, 0.2) is 17.2 Å². The number of carbonyl (C=O) groups is 2. The zero-order valence-electron chi connectivity index (χ0n) is 37.9. The molecule has 1 saturated carbocycles. The summed E-state index contributed by atoms with van der Waals surface area (Å²) in [6.07, 6.45) is 4.81. The van der Waals surface area contributed by atoms with Gasteiger partial charge in [-0.05, 0) is 94.3 Å². The number of amides is 2. The largest absolute Gasteiger partial charge is 0.497 e. The van der Waals surface area contributed by atoms with Gasteiger partial charge in [0.25, 0.3) is 11.8 Å². The number of rotatable bonds is 11. The van der Waals surface area contributed by atoms with Crippen molar-refractivity contribution in [3.05, 3.63) is 95.2 Å². The molecule has 1 N–H and O–H groups in total. The molecule has 1 unspecified atom stereocenters. The van der Waals surface area contributed by atoms with E-state index in [1.54, 1.807) is 51.9 Å². The zero-order chi connectivity index (χ0) is 46.0. The first-order valence-electron chi connectivity index (χ1n) is 22.2. The fourth-order valence-corrected chi connectivity index (χ4v) is 9.64. The Hall–Kier alpha value is -5.94. The summed E-state index contributed by atoms with van der Waals surface area (Å²) in [5.41, 5.74) is 3.73. The van der Waals surface area contributed by atoms with Crippen LogP contribution in [0.25, 0.3) is 16.9 Å². The molecule has 65 heavy (non-hydrogen) atoms. The SMILES string of the molecule is COc1ccc(CN(C)c2cc(N3CCc4c(-c5ncc(C(C)N6CC7(CCN(C(=O)OC(C)(C)C)CC7(F)F)C6)cc5F)cccc43)nn3c(C(=O)N[C@@H]4CC[C@H]4OC)cnc23)cc1. The van der Waals surface area contributed by atoms with Crippen molar-refractivity contribution in [1.82, 2.24) is 34.7 Å².